The highest BCUT2D eigenvalue weighted by molar-refractivity contribution is 5.25. The van der Waals surface area contributed by atoms with Gasteiger partial charge in [0.05, 0.1) is 98.2 Å². The minimum absolute atomic E-state index is 0.411. The molecule has 8 heteroatoms. The lowest BCUT2D eigenvalue weighted by Gasteiger charge is -2.08. The van der Waals surface area contributed by atoms with Crippen LogP contribution in [0.2, 0.25) is 0 Å². The maximum absolute atomic E-state index is 5.51. The molecular weight excluding hydrogens is 402 g/mol. The predicted octanol–water partition coefficient (Wildman–Crippen LogP) is 1.87. The molecule has 1 rings (SSSR count). The molecule has 0 N–H and O–H groups in total. The standard InChI is InChI=1S/C23H35NO7/c1-3-8-25-9-10-26-11-12-27-13-14-28-15-16-29-17-18-30-19-20-31-21-23-7-5-6-22(4-2)24-23/h2-3,5-7H,1,8-21H2. The van der Waals surface area contributed by atoms with Crippen LogP contribution in [0.5, 0.6) is 0 Å². The Bertz CT molecular complexity index is 592. The number of ether oxygens (including phenoxy) is 7. The molecule has 0 fully saturated rings. The van der Waals surface area contributed by atoms with Crippen LogP contribution in [0.15, 0.2) is 30.9 Å². The largest absolute Gasteiger partial charge is 0.377 e. The minimum atomic E-state index is 0.411. The molecule has 1 heterocycles. The second kappa shape index (κ2) is 21.4. The highest BCUT2D eigenvalue weighted by atomic mass is 16.6. The Morgan fingerprint density at radius 3 is 1.61 bits per heavy atom. The summed E-state index contributed by atoms with van der Waals surface area (Å²) >= 11 is 0. The van der Waals surface area contributed by atoms with Gasteiger partial charge in [0.2, 0.25) is 0 Å². The van der Waals surface area contributed by atoms with Crippen LogP contribution < -0.4 is 0 Å². The fraction of sp³-hybridized carbons (Fsp3) is 0.609. The summed E-state index contributed by atoms with van der Waals surface area (Å²) in [6.45, 7) is 10.8. The van der Waals surface area contributed by atoms with E-state index in [2.05, 4.69) is 17.5 Å². The van der Waals surface area contributed by atoms with Crippen molar-refractivity contribution in [2.75, 3.05) is 85.9 Å². The van der Waals surface area contributed by atoms with Gasteiger partial charge in [0, 0.05) is 0 Å². The molecule has 0 bridgehead atoms. The van der Waals surface area contributed by atoms with E-state index >= 15 is 0 Å². The molecule has 0 saturated heterocycles. The molecule has 0 aliphatic heterocycles. The van der Waals surface area contributed by atoms with Gasteiger partial charge in [-0.25, -0.2) is 4.98 Å². The molecule has 0 unspecified atom stereocenters. The van der Waals surface area contributed by atoms with E-state index in [1.807, 2.05) is 12.1 Å². The lowest BCUT2D eigenvalue weighted by Crippen LogP contribution is -2.14. The molecule has 31 heavy (non-hydrogen) atoms. The number of aromatic nitrogens is 1. The van der Waals surface area contributed by atoms with Crippen LogP contribution in [0.1, 0.15) is 11.4 Å². The summed E-state index contributed by atoms with van der Waals surface area (Å²) in [6, 6.07) is 5.53. The van der Waals surface area contributed by atoms with Gasteiger partial charge in [-0.3, -0.25) is 0 Å². The third kappa shape index (κ3) is 17.5. The van der Waals surface area contributed by atoms with Crippen molar-refractivity contribution in [1.29, 1.82) is 0 Å². The average Bonchev–Trinajstić information content (AvgIpc) is 2.80. The van der Waals surface area contributed by atoms with Gasteiger partial charge in [-0.2, -0.15) is 0 Å². The first-order chi connectivity index (χ1) is 15.4. The summed E-state index contributed by atoms with van der Waals surface area (Å²) in [5.41, 5.74) is 1.42. The smallest absolute Gasteiger partial charge is 0.113 e. The normalized spacial score (nSPS) is 10.8. The highest BCUT2D eigenvalue weighted by Crippen LogP contribution is 2.00. The van der Waals surface area contributed by atoms with Gasteiger partial charge in [0.1, 0.15) is 5.69 Å². The number of hydrogen-bond donors (Lipinski definition) is 0. The maximum atomic E-state index is 5.51. The van der Waals surface area contributed by atoms with Crippen molar-refractivity contribution in [1.82, 2.24) is 4.98 Å². The van der Waals surface area contributed by atoms with Crippen molar-refractivity contribution in [2.45, 2.75) is 6.61 Å². The van der Waals surface area contributed by atoms with E-state index < -0.39 is 0 Å². The average molecular weight is 438 g/mol. The Morgan fingerprint density at radius 2 is 1.16 bits per heavy atom. The fourth-order valence-corrected chi connectivity index (χ4v) is 2.20. The summed E-state index contributed by atoms with van der Waals surface area (Å²) in [5, 5.41) is 0. The van der Waals surface area contributed by atoms with Crippen LogP contribution in [0.25, 0.3) is 0 Å². The van der Waals surface area contributed by atoms with Crippen LogP contribution >= 0.6 is 0 Å². The van der Waals surface area contributed by atoms with Crippen molar-refractivity contribution in [3.63, 3.8) is 0 Å². The summed E-state index contributed by atoms with van der Waals surface area (Å²) in [7, 11) is 0. The lowest BCUT2D eigenvalue weighted by molar-refractivity contribution is -0.0206. The Hall–Kier alpha value is -1.83. The fourth-order valence-electron chi connectivity index (χ4n) is 2.20. The monoisotopic (exact) mass is 437 g/mol. The third-order valence-corrected chi connectivity index (χ3v) is 3.67. The summed E-state index contributed by atoms with van der Waals surface area (Å²) < 4.78 is 37.8. The number of terminal acetylenes is 1. The van der Waals surface area contributed by atoms with E-state index in [0.29, 0.717) is 98.2 Å². The van der Waals surface area contributed by atoms with Gasteiger partial charge < -0.3 is 33.2 Å². The molecule has 0 radical (unpaired) electrons. The molecule has 1 aromatic rings. The van der Waals surface area contributed by atoms with Crippen molar-refractivity contribution < 1.29 is 33.2 Å². The SMILES string of the molecule is C#Cc1cccc(COCCOCCOCCOCCOCCOCCOCC=C)n1. The topological polar surface area (TPSA) is 77.5 Å². The Labute approximate surface area is 185 Å². The van der Waals surface area contributed by atoms with E-state index in [1.165, 1.54) is 0 Å². The van der Waals surface area contributed by atoms with Crippen LogP contribution in [0, 0.1) is 12.3 Å². The van der Waals surface area contributed by atoms with E-state index in [0.717, 1.165) is 5.69 Å². The van der Waals surface area contributed by atoms with E-state index in [4.69, 9.17) is 39.6 Å². The first-order valence-corrected chi connectivity index (χ1v) is 10.4. The van der Waals surface area contributed by atoms with Crippen LogP contribution in [0.3, 0.4) is 0 Å². The van der Waals surface area contributed by atoms with Crippen LogP contribution in [-0.2, 0) is 39.8 Å². The molecule has 0 spiro atoms. The molecule has 0 aromatic carbocycles. The molecule has 0 amide bonds. The number of rotatable bonds is 22. The van der Waals surface area contributed by atoms with Gasteiger partial charge in [0.15, 0.2) is 0 Å². The second-order valence-corrected chi connectivity index (χ2v) is 6.14. The van der Waals surface area contributed by atoms with Gasteiger partial charge in [-0.1, -0.05) is 18.1 Å². The van der Waals surface area contributed by atoms with Crippen molar-refractivity contribution >= 4 is 0 Å². The van der Waals surface area contributed by atoms with Crippen LogP contribution in [-0.4, -0.2) is 90.9 Å². The van der Waals surface area contributed by atoms with Crippen molar-refractivity contribution in [2.24, 2.45) is 0 Å². The zero-order valence-electron chi connectivity index (χ0n) is 18.3. The van der Waals surface area contributed by atoms with Crippen molar-refractivity contribution in [3.8, 4) is 12.3 Å². The molecule has 0 aliphatic rings. The quantitative estimate of drug-likeness (QED) is 0.155. The number of pyridine rings is 1. The molecule has 0 atom stereocenters. The van der Waals surface area contributed by atoms with Gasteiger partial charge in [-0.15, -0.1) is 13.0 Å². The Kier molecular flexibility index (Phi) is 18.8. The van der Waals surface area contributed by atoms with Crippen molar-refractivity contribution in [3.05, 3.63) is 42.2 Å². The third-order valence-electron chi connectivity index (χ3n) is 3.67. The number of hydrogen-bond acceptors (Lipinski definition) is 8. The summed E-state index contributed by atoms with van der Waals surface area (Å²) in [6.07, 6.45) is 7.03. The molecular formula is C23H35NO7. The highest BCUT2D eigenvalue weighted by Gasteiger charge is 1.97. The predicted molar refractivity (Wildman–Crippen MR) is 117 cm³/mol. The van der Waals surface area contributed by atoms with E-state index in [1.54, 1.807) is 12.1 Å². The van der Waals surface area contributed by atoms with E-state index in [-0.39, 0.29) is 0 Å². The molecule has 0 saturated carbocycles. The second-order valence-electron chi connectivity index (χ2n) is 6.14. The van der Waals surface area contributed by atoms with Gasteiger partial charge in [-0.05, 0) is 12.1 Å². The Morgan fingerprint density at radius 1 is 0.710 bits per heavy atom. The summed E-state index contributed by atoms with van der Waals surface area (Å²) in [4.78, 5) is 4.26. The zero-order valence-corrected chi connectivity index (χ0v) is 18.3. The molecule has 174 valence electrons. The van der Waals surface area contributed by atoms with Crippen LogP contribution in [0.4, 0.5) is 0 Å². The lowest BCUT2D eigenvalue weighted by atomic mass is 10.3. The first kappa shape index (κ1) is 27.2. The first-order valence-electron chi connectivity index (χ1n) is 10.4. The molecule has 8 nitrogen and oxygen atoms in total. The van der Waals surface area contributed by atoms with E-state index in [9.17, 15) is 0 Å². The van der Waals surface area contributed by atoms with Gasteiger partial charge in [0.25, 0.3) is 0 Å². The van der Waals surface area contributed by atoms with Gasteiger partial charge >= 0.3 is 0 Å². The Balaban J connectivity index is 1.72. The number of nitrogens with zero attached hydrogens (tertiary/aromatic N) is 1. The zero-order chi connectivity index (χ0) is 22.2. The summed E-state index contributed by atoms with van der Waals surface area (Å²) in [5.74, 6) is 2.50. The molecule has 1 aromatic heterocycles. The molecule has 0 aliphatic carbocycles. The minimum Gasteiger partial charge on any atom is -0.377 e. The maximum Gasteiger partial charge on any atom is 0.113 e.